The minimum atomic E-state index is -0.708. The molecule has 1 radical (unpaired) electrons. The summed E-state index contributed by atoms with van der Waals surface area (Å²) >= 11 is 0. The predicted molar refractivity (Wildman–Crippen MR) is 35.4 cm³/mol. The number of hydrogen-bond donors (Lipinski definition) is 1. The smallest absolute Gasteiger partial charge is 0.0669 e. The molecule has 1 unspecified atom stereocenters. The fraction of sp³-hybridized carbons (Fsp3) is 0.857. The van der Waals surface area contributed by atoms with Crippen molar-refractivity contribution >= 4 is 0 Å². The molecule has 0 heterocycles. The highest BCUT2D eigenvalue weighted by Gasteiger charge is 2.21. The predicted octanol–water partition coefficient (Wildman–Crippen LogP) is 1.62. The van der Waals surface area contributed by atoms with E-state index >= 15 is 0 Å². The van der Waals surface area contributed by atoms with E-state index in [0.717, 1.165) is 6.42 Å². The molecule has 0 saturated heterocycles. The van der Waals surface area contributed by atoms with Gasteiger partial charge in [-0.15, -0.1) is 0 Å². The van der Waals surface area contributed by atoms with Crippen LogP contribution in [-0.2, 0) is 0 Å². The van der Waals surface area contributed by atoms with Gasteiger partial charge in [0.2, 0.25) is 0 Å². The first kappa shape index (κ1) is 7.96. The summed E-state index contributed by atoms with van der Waals surface area (Å²) in [5, 5.41) is 9.29. The van der Waals surface area contributed by atoms with Gasteiger partial charge in [0.25, 0.3) is 0 Å². The molecule has 0 aromatic carbocycles. The van der Waals surface area contributed by atoms with E-state index in [4.69, 9.17) is 0 Å². The van der Waals surface area contributed by atoms with Crippen molar-refractivity contribution < 1.29 is 5.11 Å². The summed E-state index contributed by atoms with van der Waals surface area (Å²) in [5.41, 5.74) is -0.708. The van der Waals surface area contributed by atoms with Gasteiger partial charge in [-0.05, 0) is 19.3 Å². The van der Waals surface area contributed by atoms with Crippen LogP contribution in [0.3, 0.4) is 0 Å². The highest BCUT2D eigenvalue weighted by atomic mass is 16.3. The molecule has 49 valence electrons. The third-order valence-corrected chi connectivity index (χ3v) is 1.69. The second-order valence-electron chi connectivity index (χ2n) is 2.61. The molecule has 0 fully saturated rings. The monoisotopic (exact) mass is 115 g/mol. The van der Waals surface area contributed by atoms with E-state index in [1.165, 1.54) is 0 Å². The second kappa shape index (κ2) is 2.49. The zero-order chi connectivity index (χ0) is 6.78. The molecule has 0 bridgehead atoms. The Hall–Kier alpha value is -0.0400. The highest BCUT2D eigenvalue weighted by Crippen LogP contribution is 2.18. The summed E-state index contributed by atoms with van der Waals surface area (Å²) in [4.78, 5) is 0. The van der Waals surface area contributed by atoms with Gasteiger partial charge in [0.15, 0.2) is 0 Å². The number of aliphatic hydroxyl groups is 1. The van der Waals surface area contributed by atoms with Crippen LogP contribution in [0.4, 0.5) is 0 Å². The third kappa shape index (κ3) is 1.83. The average molecular weight is 115 g/mol. The fourth-order valence-electron chi connectivity index (χ4n) is 0.408. The SMILES string of the molecule is [CH2]C(O)(CC)C(C)C. The molecule has 0 aliphatic heterocycles. The second-order valence-corrected chi connectivity index (χ2v) is 2.61. The lowest BCUT2D eigenvalue weighted by atomic mass is 9.90. The highest BCUT2D eigenvalue weighted by molar-refractivity contribution is 4.82. The first-order chi connectivity index (χ1) is 3.50. The molecule has 0 rings (SSSR count). The lowest BCUT2D eigenvalue weighted by Gasteiger charge is -2.25. The largest absolute Gasteiger partial charge is 0.390 e. The summed E-state index contributed by atoms with van der Waals surface area (Å²) in [6.07, 6.45) is 0.727. The zero-order valence-corrected chi connectivity index (χ0v) is 5.94. The van der Waals surface area contributed by atoms with Crippen molar-refractivity contribution in [3.63, 3.8) is 0 Å². The van der Waals surface area contributed by atoms with Gasteiger partial charge in [0.1, 0.15) is 0 Å². The molecule has 0 saturated carbocycles. The van der Waals surface area contributed by atoms with Crippen LogP contribution in [0, 0.1) is 12.8 Å². The Morgan fingerprint density at radius 2 is 2.00 bits per heavy atom. The van der Waals surface area contributed by atoms with E-state index in [-0.39, 0.29) is 5.92 Å². The van der Waals surface area contributed by atoms with Gasteiger partial charge < -0.3 is 5.11 Å². The summed E-state index contributed by atoms with van der Waals surface area (Å²) in [6.45, 7) is 9.52. The lowest BCUT2D eigenvalue weighted by molar-refractivity contribution is 0.0366. The van der Waals surface area contributed by atoms with Crippen LogP contribution in [0.15, 0.2) is 0 Å². The van der Waals surface area contributed by atoms with E-state index < -0.39 is 5.60 Å². The average Bonchev–Trinajstić information content (AvgIpc) is 1.67. The molecule has 0 aliphatic carbocycles. The number of rotatable bonds is 2. The van der Waals surface area contributed by atoms with Crippen LogP contribution in [0.25, 0.3) is 0 Å². The van der Waals surface area contributed by atoms with Crippen molar-refractivity contribution in [2.75, 3.05) is 0 Å². The summed E-state index contributed by atoms with van der Waals surface area (Å²) in [5.74, 6) is 0.257. The molecular weight excluding hydrogens is 100 g/mol. The first-order valence-electron chi connectivity index (χ1n) is 3.08. The molecule has 0 aromatic heterocycles. The molecule has 1 nitrogen and oxygen atoms in total. The van der Waals surface area contributed by atoms with Crippen molar-refractivity contribution in [1.29, 1.82) is 0 Å². The standard InChI is InChI=1S/C7H15O/c1-5-7(4,8)6(2)3/h6,8H,4-5H2,1-3H3. The van der Waals surface area contributed by atoms with Crippen molar-refractivity contribution in [1.82, 2.24) is 0 Å². The molecule has 0 spiro atoms. The Bertz CT molecular complexity index is 64.8. The molecule has 0 aromatic rings. The maximum Gasteiger partial charge on any atom is 0.0669 e. The number of hydrogen-bond acceptors (Lipinski definition) is 1. The van der Waals surface area contributed by atoms with Gasteiger partial charge in [-0.25, -0.2) is 0 Å². The molecule has 1 heteroatoms. The lowest BCUT2D eigenvalue weighted by Crippen LogP contribution is -2.29. The minimum Gasteiger partial charge on any atom is -0.390 e. The van der Waals surface area contributed by atoms with Crippen LogP contribution >= 0.6 is 0 Å². The Morgan fingerprint density at radius 1 is 1.62 bits per heavy atom. The van der Waals surface area contributed by atoms with Crippen LogP contribution in [0.2, 0.25) is 0 Å². The summed E-state index contributed by atoms with van der Waals surface area (Å²) in [6, 6.07) is 0. The third-order valence-electron chi connectivity index (χ3n) is 1.69. The maximum absolute atomic E-state index is 9.29. The summed E-state index contributed by atoms with van der Waals surface area (Å²) < 4.78 is 0. The zero-order valence-electron chi connectivity index (χ0n) is 5.94. The topological polar surface area (TPSA) is 20.2 Å². The molecule has 8 heavy (non-hydrogen) atoms. The fourth-order valence-corrected chi connectivity index (χ4v) is 0.408. The molecule has 0 aliphatic rings. The quantitative estimate of drug-likeness (QED) is 0.579. The van der Waals surface area contributed by atoms with Gasteiger partial charge in [-0.3, -0.25) is 0 Å². The van der Waals surface area contributed by atoms with E-state index in [9.17, 15) is 5.11 Å². The van der Waals surface area contributed by atoms with Crippen molar-refractivity contribution in [2.45, 2.75) is 32.8 Å². The maximum atomic E-state index is 9.29. The van der Waals surface area contributed by atoms with E-state index in [1.807, 2.05) is 20.8 Å². The van der Waals surface area contributed by atoms with Gasteiger partial charge in [-0.2, -0.15) is 0 Å². The minimum absolute atomic E-state index is 0.257. The Labute approximate surface area is 51.7 Å². The molecule has 1 atom stereocenters. The van der Waals surface area contributed by atoms with Gasteiger partial charge in [-0.1, -0.05) is 20.8 Å². The van der Waals surface area contributed by atoms with E-state index in [0.29, 0.717) is 0 Å². The Morgan fingerprint density at radius 3 is 2.00 bits per heavy atom. The molecular formula is C7H15O. The van der Waals surface area contributed by atoms with Gasteiger partial charge >= 0.3 is 0 Å². The van der Waals surface area contributed by atoms with Gasteiger partial charge in [0.05, 0.1) is 5.60 Å². The van der Waals surface area contributed by atoms with Crippen LogP contribution < -0.4 is 0 Å². The normalized spacial score (nSPS) is 18.8. The molecule has 1 N–H and O–H groups in total. The van der Waals surface area contributed by atoms with Crippen LogP contribution in [-0.4, -0.2) is 10.7 Å². The van der Waals surface area contributed by atoms with Crippen molar-refractivity contribution in [3.05, 3.63) is 6.92 Å². The van der Waals surface area contributed by atoms with Crippen LogP contribution in [0.1, 0.15) is 27.2 Å². The van der Waals surface area contributed by atoms with Gasteiger partial charge in [0, 0.05) is 0 Å². The van der Waals surface area contributed by atoms with E-state index in [2.05, 4.69) is 6.92 Å². The Balaban J connectivity index is 3.71. The van der Waals surface area contributed by atoms with Crippen molar-refractivity contribution in [3.8, 4) is 0 Å². The van der Waals surface area contributed by atoms with Crippen molar-refractivity contribution in [2.24, 2.45) is 5.92 Å². The summed E-state index contributed by atoms with van der Waals surface area (Å²) in [7, 11) is 0. The Kier molecular flexibility index (Phi) is 2.48. The first-order valence-corrected chi connectivity index (χ1v) is 3.08. The molecule has 0 amide bonds. The van der Waals surface area contributed by atoms with Crippen LogP contribution in [0.5, 0.6) is 0 Å². The van der Waals surface area contributed by atoms with E-state index in [1.54, 1.807) is 0 Å².